The Morgan fingerprint density at radius 1 is 0.333 bits per heavy atom. The van der Waals surface area contributed by atoms with Crippen molar-refractivity contribution in [3.05, 3.63) is 0 Å². The molecule has 0 aromatic rings. The van der Waals surface area contributed by atoms with E-state index in [1.54, 1.807) is 0 Å². The van der Waals surface area contributed by atoms with Crippen molar-refractivity contribution in [3.8, 4) is 0 Å². The third-order valence-corrected chi connectivity index (χ3v) is 5.57. The van der Waals surface area contributed by atoms with Crippen molar-refractivity contribution in [2.75, 3.05) is 11.5 Å². The van der Waals surface area contributed by atoms with E-state index in [4.69, 9.17) is 25.3 Å². The van der Waals surface area contributed by atoms with Crippen LogP contribution in [-0.2, 0) is 44.7 Å². The first-order chi connectivity index (χ1) is 12.8. The first-order valence-electron chi connectivity index (χ1n) is 12.0. The van der Waals surface area contributed by atoms with E-state index in [2.05, 4.69) is 13.8 Å². The normalized spacial score (nSPS) is 10.2. The van der Waals surface area contributed by atoms with Crippen LogP contribution in [0.4, 0.5) is 0 Å². The number of hydrogen-bond acceptors (Lipinski definition) is 2. The zero-order valence-electron chi connectivity index (χ0n) is 19.1. The van der Waals surface area contributed by atoms with Crippen molar-refractivity contribution in [3.63, 3.8) is 0 Å². The minimum Gasteiger partial charge on any atom is -0.793 e. The van der Waals surface area contributed by atoms with Crippen LogP contribution in [0, 0.1) is 0 Å². The standard InChI is InChI=1S/2C12H26S.Zn/c2*1-2-3-4-5-6-7-8-9-10-11-12-13;/h2*13H,2-12H2,1H3;/q;;+2/p-2. The number of hydrogen-bond donors (Lipinski definition) is 0. The number of unbranched alkanes of at least 4 members (excludes halogenated alkanes) is 18. The Bertz CT molecular complexity index is 171. The molecule has 0 aromatic heterocycles. The Labute approximate surface area is 197 Å². The predicted octanol–water partition coefficient (Wildman–Crippen LogP) is 8.91. The van der Waals surface area contributed by atoms with E-state index in [-0.39, 0.29) is 19.5 Å². The van der Waals surface area contributed by atoms with Gasteiger partial charge in [-0.2, -0.15) is 11.5 Å². The summed E-state index contributed by atoms with van der Waals surface area (Å²) in [7, 11) is 0. The van der Waals surface area contributed by atoms with Crippen LogP contribution in [0.2, 0.25) is 0 Å². The Balaban J connectivity index is -0.000000411. The van der Waals surface area contributed by atoms with Gasteiger partial charge in [-0.05, 0) is 0 Å². The van der Waals surface area contributed by atoms with E-state index in [9.17, 15) is 0 Å². The Morgan fingerprint density at radius 2 is 0.519 bits per heavy atom. The van der Waals surface area contributed by atoms with Gasteiger partial charge in [0.2, 0.25) is 0 Å². The second-order valence-corrected chi connectivity index (χ2v) is 8.59. The molecular weight excluding hydrogens is 418 g/mol. The van der Waals surface area contributed by atoms with E-state index in [0.717, 1.165) is 11.5 Å². The van der Waals surface area contributed by atoms with Crippen LogP contribution < -0.4 is 0 Å². The minimum absolute atomic E-state index is 0. The Kier molecular flexibility index (Phi) is 42.5. The Hall–Kier alpha value is 1.32. The molecule has 0 atom stereocenters. The monoisotopic (exact) mass is 466 g/mol. The van der Waals surface area contributed by atoms with Gasteiger partial charge in [0.05, 0.1) is 0 Å². The van der Waals surface area contributed by atoms with Crippen molar-refractivity contribution in [1.29, 1.82) is 0 Å². The van der Waals surface area contributed by atoms with Gasteiger partial charge in [0, 0.05) is 0 Å². The molecular formula is C24H50S2Zn. The maximum absolute atomic E-state index is 4.90. The van der Waals surface area contributed by atoms with Gasteiger partial charge < -0.3 is 25.3 Å². The van der Waals surface area contributed by atoms with Crippen molar-refractivity contribution in [1.82, 2.24) is 0 Å². The van der Waals surface area contributed by atoms with Gasteiger partial charge in [0.25, 0.3) is 0 Å². The van der Waals surface area contributed by atoms with Crippen LogP contribution in [0.5, 0.6) is 0 Å². The third kappa shape index (κ3) is 38.5. The van der Waals surface area contributed by atoms with Crippen LogP contribution >= 0.6 is 0 Å². The molecule has 0 fully saturated rings. The summed E-state index contributed by atoms with van der Waals surface area (Å²) in [5.41, 5.74) is 0. The molecule has 3 heteroatoms. The Morgan fingerprint density at radius 3 is 0.704 bits per heavy atom. The van der Waals surface area contributed by atoms with Crippen molar-refractivity contribution in [2.45, 2.75) is 142 Å². The topological polar surface area (TPSA) is 0 Å². The first-order valence-corrected chi connectivity index (χ1v) is 13.1. The van der Waals surface area contributed by atoms with Gasteiger partial charge in [-0.15, -0.1) is 0 Å². The summed E-state index contributed by atoms with van der Waals surface area (Å²) in [6.45, 7) is 4.55. The quantitative estimate of drug-likeness (QED) is 0.0995. The average molecular weight is 468 g/mol. The third-order valence-electron chi connectivity index (χ3n) is 5.00. The molecule has 0 aromatic carbocycles. The van der Waals surface area contributed by atoms with Gasteiger partial charge in [-0.3, -0.25) is 0 Å². The van der Waals surface area contributed by atoms with Crippen LogP contribution in [0.1, 0.15) is 142 Å². The maximum atomic E-state index is 4.90. The van der Waals surface area contributed by atoms with Gasteiger partial charge in [0.15, 0.2) is 0 Å². The largest absolute Gasteiger partial charge is 2.00 e. The van der Waals surface area contributed by atoms with Crippen molar-refractivity contribution >= 4 is 25.3 Å². The van der Waals surface area contributed by atoms with Crippen LogP contribution in [0.3, 0.4) is 0 Å². The second-order valence-electron chi connectivity index (χ2n) is 7.77. The molecule has 0 unspecified atom stereocenters. The predicted molar refractivity (Wildman–Crippen MR) is 128 cm³/mol. The molecule has 160 valence electrons. The molecule has 0 rings (SSSR count). The smallest absolute Gasteiger partial charge is 0.793 e. The molecule has 0 aliphatic heterocycles. The molecule has 0 saturated heterocycles. The molecule has 0 amide bonds. The first kappa shape index (κ1) is 33.0. The molecule has 0 N–H and O–H groups in total. The summed E-state index contributed by atoms with van der Waals surface area (Å²) < 4.78 is 0. The summed E-state index contributed by atoms with van der Waals surface area (Å²) in [5, 5.41) is 0. The van der Waals surface area contributed by atoms with Crippen LogP contribution in [-0.4, -0.2) is 11.5 Å². The van der Waals surface area contributed by atoms with E-state index < -0.39 is 0 Å². The summed E-state index contributed by atoms with van der Waals surface area (Å²) in [6.07, 6.45) is 28.1. The SMILES string of the molecule is CCCCCCCCCCCC[S-].CCCCCCCCCCCC[S-].[Zn+2]. The fourth-order valence-electron chi connectivity index (χ4n) is 3.18. The van der Waals surface area contributed by atoms with E-state index in [1.165, 1.54) is 128 Å². The van der Waals surface area contributed by atoms with Crippen LogP contribution in [0.15, 0.2) is 0 Å². The molecule has 0 saturated carbocycles. The maximum Gasteiger partial charge on any atom is 2.00 e. The van der Waals surface area contributed by atoms with E-state index in [0.29, 0.717) is 0 Å². The molecule has 0 radical (unpaired) electrons. The molecule has 0 bridgehead atoms. The van der Waals surface area contributed by atoms with Crippen molar-refractivity contribution < 1.29 is 19.5 Å². The molecule has 0 nitrogen and oxygen atoms in total. The summed E-state index contributed by atoms with van der Waals surface area (Å²) in [5.74, 6) is 1.91. The summed E-state index contributed by atoms with van der Waals surface area (Å²) >= 11 is 9.80. The minimum atomic E-state index is 0. The van der Waals surface area contributed by atoms with Gasteiger partial charge in [-0.1, -0.05) is 142 Å². The fraction of sp³-hybridized carbons (Fsp3) is 1.00. The van der Waals surface area contributed by atoms with Gasteiger partial charge >= 0.3 is 19.5 Å². The molecule has 0 spiro atoms. The zero-order chi connectivity index (χ0) is 19.6. The molecule has 27 heavy (non-hydrogen) atoms. The molecule has 0 aliphatic rings. The molecule has 0 aliphatic carbocycles. The van der Waals surface area contributed by atoms with Gasteiger partial charge in [-0.25, -0.2) is 0 Å². The summed E-state index contributed by atoms with van der Waals surface area (Å²) in [6, 6.07) is 0. The average Bonchev–Trinajstić information content (AvgIpc) is 2.66. The zero-order valence-corrected chi connectivity index (χ0v) is 23.7. The van der Waals surface area contributed by atoms with E-state index in [1.807, 2.05) is 0 Å². The molecule has 0 heterocycles. The fourth-order valence-corrected chi connectivity index (χ4v) is 3.59. The van der Waals surface area contributed by atoms with E-state index >= 15 is 0 Å². The van der Waals surface area contributed by atoms with Crippen molar-refractivity contribution in [2.24, 2.45) is 0 Å². The van der Waals surface area contributed by atoms with Crippen LogP contribution in [0.25, 0.3) is 0 Å². The summed E-state index contributed by atoms with van der Waals surface area (Å²) in [4.78, 5) is 0. The van der Waals surface area contributed by atoms with Gasteiger partial charge in [0.1, 0.15) is 0 Å². The second kappa shape index (κ2) is 34.8. The number of rotatable bonds is 20.